The van der Waals surface area contributed by atoms with Crippen LogP contribution in [0.1, 0.15) is 62.8 Å². The van der Waals surface area contributed by atoms with Gasteiger partial charge in [-0.3, -0.25) is 0 Å². The van der Waals surface area contributed by atoms with Gasteiger partial charge in [-0.25, -0.2) is 0 Å². The fourth-order valence-electron chi connectivity index (χ4n) is 5.73. The van der Waals surface area contributed by atoms with Crippen molar-refractivity contribution < 1.29 is 9.47 Å². The molecule has 1 spiro atoms. The molecule has 0 heterocycles. The first-order valence-electron chi connectivity index (χ1n) is 9.34. The summed E-state index contributed by atoms with van der Waals surface area (Å²) in [5.41, 5.74) is 5.69. The summed E-state index contributed by atoms with van der Waals surface area (Å²) in [4.78, 5) is 0. The van der Waals surface area contributed by atoms with E-state index in [1.54, 1.807) is 14.2 Å². The second kappa shape index (κ2) is 6.00. The first-order chi connectivity index (χ1) is 12.6. The third kappa shape index (κ3) is 2.48. The van der Waals surface area contributed by atoms with Crippen molar-refractivity contribution in [1.29, 1.82) is 0 Å². The summed E-state index contributed by atoms with van der Waals surface area (Å²) < 4.78 is 13.5. The second-order valence-electron chi connectivity index (χ2n) is 9.21. The maximum atomic E-state index is 5.67. The van der Waals surface area contributed by atoms with Gasteiger partial charge in [0.15, 0.2) is 0 Å². The van der Waals surface area contributed by atoms with Crippen LogP contribution in [0, 0.1) is 0 Å². The van der Waals surface area contributed by atoms with E-state index in [0.29, 0.717) is 0 Å². The van der Waals surface area contributed by atoms with Crippen LogP contribution in [0.5, 0.6) is 11.5 Å². The molecule has 2 nitrogen and oxygen atoms in total. The third-order valence-electron chi connectivity index (χ3n) is 6.56. The minimum atomic E-state index is -0.0710. The summed E-state index contributed by atoms with van der Waals surface area (Å²) in [5, 5.41) is 0. The average molecular weight is 494 g/mol. The van der Waals surface area contributed by atoms with E-state index in [1.165, 1.54) is 22.3 Å². The van der Waals surface area contributed by atoms with Gasteiger partial charge in [0.2, 0.25) is 0 Å². The maximum absolute atomic E-state index is 5.67. The van der Waals surface area contributed by atoms with E-state index >= 15 is 0 Å². The minimum absolute atomic E-state index is 0.0710. The predicted octanol–water partition coefficient (Wildman–Crippen LogP) is 6.88. The van der Waals surface area contributed by atoms with Gasteiger partial charge in [-0.05, 0) is 89.9 Å². The molecule has 0 unspecified atom stereocenters. The van der Waals surface area contributed by atoms with Crippen molar-refractivity contribution >= 4 is 31.9 Å². The number of hydrogen-bond donors (Lipinski definition) is 0. The van der Waals surface area contributed by atoms with Crippen LogP contribution in [0.15, 0.2) is 33.2 Å². The first-order valence-corrected chi connectivity index (χ1v) is 10.9. The second-order valence-corrected chi connectivity index (χ2v) is 10.8. The molecule has 0 N–H and O–H groups in total. The molecule has 144 valence electrons. The van der Waals surface area contributed by atoms with Gasteiger partial charge in [0, 0.05) is 5.41 Å². The molecule has 2 aromatic carbocycles. The highest BCUT2D eigenvalue weighted by Crippen LogP contribution is 2.66. The third-order valence-corrected chi connectivity index (χ3v) is 8.13. The number of hydrogen-bond acceptors (Lipinski definition) is 2. The van der Waals surface area contributed by atoms with Crippen LogP contribution in [0.3, 0.4) is 0 Å². The SMILES string of the molecule is COc1ccc2c(c1Br)C1(CC2(C)C)CC(C)(C)c2ccc(OC)c(Br)c21. The summed E-state index contributed by atoms with van der Waals surface area (Å²) in [6.07, 6.45) is 2.15. The van der Waals surface area contributed by atoms with E-state index in [4.69, 9.17) is 9.47 Å². The molecule has 0 aromatic heterocycles. The van der Waals surface area contributed by atoms with Gasteiger partial charge in [0.05, 0.1) is 23.2 Å². The summed E-state index contributed by atoms with van der Waals surface area (Å²) in [6.45, 7) is 9.44. The van der Waals surface area contributed by atoms with E-state index in [0.717, 1.165) is 33.3 Å². The highest BCUT2D eigenvalue weighted by Gasteiger charge is 2.58. The van der Waals surface area contributed by atoms with Crippen LogP contribution in [0.2, 0.25) is 0 Å². The number of benzene rings is 2. The summed E-state index contributed by atoms with van der Waals surface area (Å²) in [7, 11) is 3.48. The fourth-order valence-corrected chi connectivity index (χ4v) is 7.51. The maximum Gasteiger partial charge on any atom is 0.133 e. The van der Waals surface area contributed by atoms with Crippen LogP contribution < -0.4 is 9.47 Å². The van der Waals surface area contributed by atoms with E-state index in [1.807, 2.05) is 0 Å². The van der Waals surface area contributed by atoms with E-state index < -0.39 is 0 Å². The Bertz CT molecular complexity index is 866. The van der Waals surface area contributed by atoms with Crippen molar-refractivity contribution in [1.82, 2.24) is 0 Å². The Morgan fingerprint density at radius 2 is 1.07 bits per heavy atom. The number of rotatable bonds is 2. The van der Waals surface area contributed by atoms with Crippen LogP contribution in [-0.2, 0) is 16.2 Å². The summed E-state index contributed by atoms with van der Waals surface area (Å²) >= 11 is 7.81. The van der Waals surface area contributed by atoms with Crippen molar-refractivity contribution in [3.05, 3.63) is 55.5 Å². The number of methoxy groups -OCH3 is 2. The van der Waals surface area contributed by atoms with Gasteiger partial charge in [0.1, 0.15) is 11.5 Å². The standard InChI is InChI=1S/C23H26Br2O2/c1-21(2)11-23(17-13(21)7-9-15(26-5)19(17)24)12-22(3,4)14-8-10-16(27-6)20(25)18(14)23/h7-10H,11-12H2,1-6H3. The highest BCUT2D eigenvalue weighted by molar-refractivity contribution is 9.11. The van der Waals surface area contributed by atoms with Gasteiger partial charge in [-0.1, -0.05) is 39.8 Å². The van der Waals surface area contributed by atoms with E-state index in [2.05, 4.69) is 83.8 Å². The van der Waals surface area contributed by atoms with E-state index in [9.17, 15) is 0 Å². The zero-order chi connectivity index (χ0) is 19.8. The average Bonchev–Trinajstić information content (AvgIpc) is 2.95. The van der Waals surface area contributed by atoms with Crippen molar-refractivity contribution in [3.8, 4) is 11.5 Å². The molecule has 4 heteroatoms. The van der Waals surface area contributed by atoms with Crippen molar-refractivity contribution in [2.45, 2.75) is 56.8 Å². The molecule has 2 aliphatic carbocycles. The largest absolute Gasteiger partial charge is 0.496 e. The molecule has 0 saturated carbocycles. The van der Waals surface area contributed by atoms with Gasteiger partial charge in [0.25, 0.3) is 0 Å². The zero-order valence-corrected chi connectivity index (χ0v) is 20.0. The molecule has 4 rings (SSSR count). The summed E-state index contributed by atoms with van der Waals surface area (Å²) in [6, 6.07) is 8.69. The molecule has 2 aromatic rings. The molecule has 2 aliphatic rings. The molecule has 27 heavy (non-hydrogen) atoms. The van der Waals surface area contributed by atoms with Gasteiger partial charge in [-0.15, -0.1) is 0 Å². The topological polar surface area (TPSA) is 18.5 Å². The Hall–Kier alpha value is -1.00. The smallest absolute Gasteiger partial charge is 0.133 e. The summed E-state index contributed by atoms with van der Waals surface area (Å²) in [5.74, 6) is 1.80. The molecule has 0 radical (unpaired) electrons. The molecular formula is C23H26Br2O2. The Morgan fingerprint density at radius 1 is 0.704 bits per heavy atom. The molecule has 0 atom stereocenters. The van der Waals surface area contributed by atoms with Crippen LogP contribution in [-0.4, -0.2) is 14.2 Å². The van der Waals surface area contributed by atoms with Crippen LogP contribution in [0.25, 0.3) is 0 Å². The first kappa shape index (κ1) is 19.3. The Balaban J connectivity index is 2.12. The molecule has 0 fully saturated rings. The molecule has 0 bridgehead atoms. The normalized spacial score (nSPS) is 20.4. The Morgan fingerprint density at radius 3 is 1.41 bits per heavy atom. The Kier molecular flexibility index (Phi) is 4.29. The molecule has 0 aliphatic heterocycles. The lowest BCUT2D eigenvalue weighted by molar-refractivity contribution is 0.346. The fraction of sp³-hybridized carbons (Fsp3) is 0.478. The molecular weight excluding hydrogens is 468 g/mol. The highest BCUT2D eigenvalue weighted by atomic mass is 79.9. The predicted molar refractivity (Wildman–Crippen MR) is 117 cm³/mol. The van der Waals surface area contributed by atoms with Crippen LogP contribution >= 0.6 is 31.9 Å². The minimum Gasteiger partial charge on any atom is -0.496 e. The van der Waals surface area contributed by atoms with Crippen LogP contribution in [0.4, 0.5) is 0 Å². The van der Waals surface area contributed by atoms with Gasteiger partial charge >= 0.3 is 0 Å². The number of fused-ring (bicyclic) bond motifs is 4. The van der Waals surface area contributed by atoms with E-state index in [-0.39, 0.29) is 16.2 Å². The van der Waals surface area contributed by atoms with Crippen molar-refractivity contribution in [2.75, 3.05) is 14.2 Å². The number of ether oxygens (including phenoxy) is 2. The van der Waals surface area contributed by atoms with Crippen molar-refractivity contribution in [3.63, 3.8) is 0 Å². The van der Waals surface area contributed by atoms with Gasteiger partial charge < -0.3 is 9.47 Å². The van der Waals surface area contributed by atoms with Gasteiger partial charge in [-0.2, -0.15) is 0 Å². The lowest BCUT2D eigenvalue weighted by Gasteiger charge is -2.32. The lowest BCUT2D eigenvalue weighted by Crippen LogP contribution is -2.27. The van der Waals surface area contributed by atoms with Crippen molar-refractivity contribution in [2.24, 2.45) is 0 Å². The molecule has 0 saturated heterocycles. The zero-order valence-electron chi connectivity index (χ0n) is 16.8. The molecule has 0 amide bonds. The number of halogens is 2. The quantitative estimate of drug-likeness (QED) is 0.454. The Labute approximate surface area is 178 Å². The monoisotopic (exact) mass is 492 g/mol. The lowest BCUT2D eigenvalue weighted by atomic mass is 9.72.